The molecule has 3 heterocycles. The molecule has 0 spiro atoms. The zero-order valence-corrected chi connectivity index (χ0v) is 23.4. The van der Waals surface area contributed by atoms with Crippen LogP contribution in [0.3, 0.4) is 0 Å². The summed E-state index contributed by atoms with van der Waals surface area (Å²) in [4.78, 5) is 28.8. The Morgan fingerprint density at radius 2 is 1.79 bits per heavy atom. The van der Waals surface area contributed by atoms with Crippen LogP contribution in [-0.4, -0.2) is 56.6 Å². The lowest BCUT2D eigenvalue weighted by atomic mass is 9.87. The summed E-state index contributed by atoms with van der Waals surface area (Å²) < 4.78 is 0. The van der Waals surface area contributed by atoms with Gasteiger partial charge in [0.25, 0.3) is 0 Å². The summed E-state index contributed by atoms with van der Waals surface area (Å²) in [5.41, 5.74) is 3.43. The molecular weight excluding hydrogens is 496 g/mol. The van der Waals surface area contributed by atoms with Crippen LogP contribution in [0.5, 0.6) is 0 Å². The van der Waals surface area contributed by atoms with Crippen LogP contribution in [0.2, 0.25) is 0 Å². The molecule has 3 N–H and O–H groups in total. The van der Waals surface area contributed by atoms with E-state index in [9.17, 15) is 9.90 Å². The number of hydrogen-bond acceptors (Lipinski definition) is 8. The Hall–Kier alpha value is -3.04. The number of likely N-dealkylation sites (tertiary alicyclic amines) is 1. The molecule has 0 amide bonds. The van der Waals surface area contributed by atoms with E-state index in [4.69, 9.17) is 9.97 Å². The van der Waals surface area contributed by atoms with E-state index in [1.165, 1.54) is 31.2 Å². The molecule has 1 aromatic carbocycles. The quantitative estimate of drug-likeness (QED) is 0.294. The Kier molecular flexibility index (Phi) is 7.95. The van der Waals surface area contributed by atoms with Gasteiger partial charge in [-0.25, -0.2) is 15.0 Å². The van der Waals surface area contributed by atoms with Crippen molar-refractivity contribution in [1.29, 1.82) is 0 Å². The van der Waals surface area contributed by atoms with E-state index in [0.717, 1.165) is 53.0 Å². The minimum atomic E-state index is -0.736. The Morgan fingerprint density at radius 1 is 1.08 bits per heavy atom. The summed E-state index contributed by atoms with van der Waals surface area (Å²) in [6.07, 6.45) is 8.91. The number of aliphatic carboxylic acids is 1. The Labute approximate surface area is 228 Å². The van der Waals surface area contributed by atoms with Gasteiger partial charge in [-0.3, -0.25) is 4.79 Å². The van der Waals surface area contributed by atoms with Crippen molar-refractivity contribution >= 4 is 34.1 Å². The van der Waals surface area contributed by atoms with E-state index >= 15 is 0 Å². The molecule has 38 heavy (non-hydrogen) atoms. The van der Waals surface area contributed by atoms with Crippen molar-refractivity contribution < 1.29 is 9.90 Å². The number of anilines is 3. The second kappa shape index (κ2) is 11.4. The van der Waals surface area contributed by atoms with Crippen molar-refractivity contribution in [2.75, 3.05) is 30.3 Å². The smallest absolute Gasteiger partial charge is 0.310 e. The lowest BCUT2D eigenvalue weighted by molar-refractivity contribution is -0.148. The van der Waals surface area contributed by atoms with Gasteiger partial charge in [-0.1, -0.05) is 36.3 Å². The molecule has 2 fully saturated rings. The fourth-order valence-corrected chi connectivity index (χ4v) is 6.52. The molecule has 1 aliphatic heterocycles. The third-order valence-corrected chi connectivity index (χ3v) is 8.90. The van der Waals surface area contributed by atoms with Crippen LogP contribution in [0.15, 0.2) is 36.5 Å². The fraction of sp³-hybridized carbons (Fsp3) is 0.517. The Balaban J connectivity index is 1.18. The Bertz CT molecular complexity index is 1240. The van der Waals surface area contributed by atoms with Crippen molar-refractivity contribution in [2.45, 2.75) is 71.3 Å². The fourth-order valence-electron chi connectivity index (χ4n) is 5.50. The molecule has 0 radical (unpaired) electrons. The second-order valence-electron chi connectivity index (χ2n) is 11.3. The van der Waals surface area contributed by atoms with E-state index in [1.54, 1.807) is 31.4 Å². The molecule has 0 atom stereocenters. The number of hydrogen-bond donors (Lipinski definition) is 3. The molecule has 3 aromatic rings. The van der Waals surface area contributed by atoms with Crippen LogP contribution in [0.1, 0.15) is 69.5 Å². The maximum absolute atomic E-state index is 11.5. The topological polar surface area (TPSA) is 103 Å². The molecule has 9 heteroatoms. The first kappa shape index (κ1) is 26.6. The van der Waals surface area contributed by atoms with E-state index < -0.39 is 11.4 Å². The first-order valence-electron chi connectivity index (χ1n) is 13.7. The van der Waals surface area contributed by atoms with Gasteiger partial charge < -0.3 is 20.6 Å². The Morgan fingerprint density at radius 3 is 2.47 bits per heavy atom. The van der Waals surface area contributed by atoms with Crippen LogP contribution >= 0.6 is 11.3 Å². The van der Waals surface area contributed by atoms with Crippen molar-refractivity contribution in [3.8, 4) is 10.6 Å². The molecule has 1 saturated carbocycles. The standard InChI is InChI=1S/C29H38N6O2S/c1-19-25(38-28(31-19)33-22-6-4-5-7-22)24-12-15-30-27(34-24)32-23-10-8-20(9-11-23)21-13-16-35(17-14-21)18-29(2,3)26(36)37/h8-12,15,21-22H,4-7,13-14,16-18H2,1-3H3,(H,31,33)(H,36,37)(H,30,32,34). The number of carboxylic acids is 1. The number of carbonyl (C=O) groups is 1. The van der Waals surface area contributed by atoms with Gasteiger partial charge in [0.15, 0.2) is 5.13 Å². The monoisotopic (exact) mass is 534 g/mol. The number of nitrogens with zero attached hydrogens (tertiary/aromatic N) is 4. The first-order valence-corrected chi connectivity index (χ1v) is 14.5. The zero-order valence-electron chi connectivity index (χ0n) is 22.5. The largest absolute Gasteiger partial charge is 0.481 e. The lowest BCUT2D eigenvalue weighted by Crippen LogP contribution is -2.42. The van der Waals surface area contributed by atoms with Crippen LogP contribution < -0.4 is 10.6 Å². The summed E-state index contributed by atoms with van der Waals surface area (Å²) in [5.74, 6) is 0.331. The van der Waals surface area contributed by atoms with Crippen LogP contribution in [0.4, 0.5) is 16.8 Å². The van der Waals surface area contributed by atoms with Gasteiger partial charge in [-0.15, -0.1) is 0 Å². The summed E-state index contributed by atoms with van der Waals surface area (Å²) >= 11 is 1.66. The minimum absolute atomic E-state index is 0.495. The van der Waals surface area contributed by atoms with Gasteiger partial charge in [0.05, 0.1) is 21.7 Å². The number of rotatable bonds is 9. The van der Waals surface area contributed by atoms with E-state index in [2.05, 4.69) is 44.8 Å². The van der Waals surface area contributed by atoms with Crippen LogP contribution in [-0.2, 0) is 4.79 Å². The number of carboxylic acid groups (broad SMARTS) is 1. The van der Waals surface area contributed by atoms with Crippen LogP contribution in [0.25, 0.3) is 10.6 Å². The van der Waals surface area contributed by atoms with Gasteiger partial charge in [0.2, 0.25) is 5.95 Å². The molecule has 202 valence electrons. The summed E-state index contributed by atoms with van der Waals surface area (Å²) in [7, 11) is 0. The SMILES string of the molecule is Cc1nc(NC2CCCC2)sc1-c1ccnc(Nc2ccc(C3CCN(CC(C)(C)C(=O)O)CC3)cc2)n1. The second-order valence-corrected chi connectivity index (χ2v) is 12.3. The number of nitrogens with one attached hydrogen (secondary N) is 2. The minimum Gasteiger partial charge on any atom is -0.481 e. The zero-order chi connectivity index (χ0) is 26.7. The highest BCUT2D eigenvalue weighted by Gasteiger charge is 2.31. The highest BCUT2D eigenvalue weighted by atomic mass is 32.1. The number of aryl methyl sites for hydroxylation is 1. The van der Waals surface area contributed by atoms with Crippen LogP contribution in [0, 0.1) is 12.3 Å². The average molecular weight is 535 g/mol. The van der Waals surface area contributed by atoms with Crippen molar-refractivity contribution in [2.24, 2.45) is 5.41 Å². The molecule has 0 bridgehead atoms. The van der Waals surface area contributed by atoms with Gasteiger partial charge >= 0.3 is 5.97 Å². The van der Waals surface area contributed by atoms with E-state index in [-0.39, 0.29) is 0 Å². The summed E-state index contributed by atoms with van der Waals surface area (Å²) in [6, 6.07) is 11.0. The normalized spacial score (nSPS) is 17.6. The molecule has 5 rings (SSSR count). The van der Waals surface area contributed by atoms with E-state index in [0.29, 0.717) is 24.5 Å². The molecule has 8 nitrogen and oxygen atoms in total. The number of benzene rings is 1. The molecular formula is C29H38N6O2S. The highest BCUT2D eigenvalue weighted by Crippen LogP contribution is 2.34. The third kappa shape index (κ3) is 6.32. The summed E-state index contributed by atoms with van der Waals surface area (Å²) in [6.45, 7) is 8.09. The highest BCUT2D eigenvalue weighted by molar-refractivity contribution is 7.19. The maximum atomic E-state index is 11.5. The maximum Gasteiger partial charge on any atom is 0.310 e. The molecule has 1 saturated heterocycles. The van der Waals surface area contributed by atoms with Gasteiger partial charge in [-0.2, -0.15) is 0 Å². The number of thiazole rings is 1. The summed E-state index contributed by atoms with van der Waals surface area (Å²) in [5, 5.41) is 17.3. The predicted octanol–water partition coefficient (Wildman–Crippen LogP) is 6.30. The van der Waals surface area contributed by atoms with Crippen molar-refractivity contribution in [3.63, 3.8) is 0 Å². The average Bonchev–Trinajstić information content (AvgIpc) is 3.54. The molecule has 2 aromatic heterocycles. The lowest BCUT2D eigenvalue weighted by Gasteiger charge is -2.35. The van der Waals surface area contributed by atoms with Crippen molar-refractivity contribution in [1.82, 2.24) is 19.9 Å². The molecule has 2 aliphatic rings. The van der Waals surface area contributed by atoms with Gasteiger partial charge in [0, 0.05) is 24.5 Å². The van der Waals surface area contributed by atoms with Gasteiger partial charge in [-0.05, 0) is 89.2 Å². The number of aromatic nitrogens is 3. The van der Waals surface area contributed by atoms with E-state index in [1.807, 2.05) is 13.0 Å². The van der Waals surface area contributed by atoms with Gasteiger partial charge in [0.1, 0.15) is 0 Å². The first-order chi connectivity index (χ1) is 18.3. The molecule has 1 aliphatic carbocycles. The number of piperidine rings is 1. The molecule has 0 unspecified atom stereocenters. The predicted molar refractivity (Wildman–Crippen MR) is 153 cm³/mol. The van der Waals surface area contributed by atoms with Crippen molar-refractivity contribution in [3.05, 3.63) is 47.8 Å². The third-order valence-electron chi connectivity index (χ3n) is 7.79.